The molecule has 0 aliphatic carbocycles. The summed E-state index contributed by atoms with van der Waals surface area (Å²) in [6.07, 6.45) is 3.63. The molecule has 0 aromatic carbocycles. The summed E-state index contributed by atoms with van der Waals surface area (Å²) in [7, 11) is 0. The number of nitrogens with one attached hydrogen (secondary N) is 1. The van der Waals surface area contributed by atoms with Crippen LogP contribution in [0.4, 0.5) is 4.79 Å². The first-order valence-corrected chi connectivity index (χ1v) is 7.44. The zero-order chi connectivity index (χ0) is 15.8. The van der Waals surface area contributed by atoms with E-state index in [9.17, 15) is 14.4 Å². The number of carbonyl (C=O) groups is 3. The van der Waals surface area contributed by atoms with E-state index in [4.69, 9.17) is 10.2 Å². The second-order valence-electron chi connectivity index (χ2n) is 5.46. The number of hydrogen-bond donors (Lipinski definition) is 3. The van der Waals surface area contributed by atoms with Gasteiger partial charge in [0.25, 0.3) is 0 Å². The fraction of sp³-hybridized carbons (Fsp3) is 0.786. The number of carboxylic acid groups (broad SMARTS) is 2. The van der Waals surface area contributed by atoms with E-state index in [1.165, 1.54) is 0 Å². The van der Waals surface area contributed by atoms with Crippen molar-refractivity contribution in [2.24, 2.45) is 5.92 Å². The Labute approximate surface area is 124 Å². The first-order valence-electron chi connectivity index (χ1n) is 7.44. The first-order chi connectivity index (χ1) is 9.93. The molecular weight excluding hydrogens is 276 g/mol. The molecule has 21 heavy (non-hydrogen) atoms. The largest absolute Gasteiger partial charge is 0.481 e. The summed E-state index contributed by atoms with van der Waals surface area (Å²) < 4.78 is 0. The highest BCUT2D eigenvalue weighted by atomic mass is 16.4. The molecule has 0 aromatic rings. The molecule has 0 saturated carbocycles. The van der Waals surface area contributed by atoms with Crippen molar-refractivity contribution >= 4 is 18.0 Å². The van der Waals surface area contributed by atoms with E-state index in [0.29, 0.717) is 19.0 Å². The number of carboxylic acids is 2. The lowest BCUT2D eigenvalue weighted by Gasteiger charge is -2.23. The van der Waals surface area contributed by atoms with E-state index in [1.54, 1.807) is 4.90 Å². The Morgan fingerprint density at radius 2 is 1.95 bits per heavy atom. The number of urea groups is 1. The molecular formula is C14H24N2O5. The molecule has 2 atom stereocenters. The van der Waals surface area contributed by atoms with Crippen LogP contribution in [0.15, 0.2) is 0 Å². The minimum absolute atomic E-state index is 0.109. The van der Waals surface area contributed by atoms with Crippen molar-refractivity contribution in [2.75, 3.05) is 13.1 Å². The van der Waals surface area contributed by atoms with Gasteiger partial charge in [0.05, 0.1) is 0 Å². The maximum absolute atomic E-state index is 12.1. The van der Waals surface area contributed by atoms with Crippen molar-refractivity contribution in [3.05, 3.63) is 0 Å². The Kier molecular flexibility index (Phi) is 6.98. The normalized spacial score (nSPS) is 20.4. The van der Waals surface area contributed by atoms with E-state index < -0.39 is 24.0 Å². The van der Waals surface area contributed by atoms with Crippen LogP contribution in [0, 0.1) is 5.92 Å². The molecule has 0 radical (unpaired) electrons. The highest BCUT2D eigenvalue weighted by Crippen LogP contribution is 2.20. The number of likely N-dealkylation sites (tertiary alicyclic amines) is 1. The molecule has 1 aliphatic rings. The van der Waals surface area contributed by atoms with Gasteiger partial charge in [0, 0.05) is 19.5 Å². The van der Waals surface area contributed by atoms with Gasteiger partial charge in [0.1, 0.15) is 6.04 Å². The highest BCUT2D eigenvalue weighted by molar-refractivity contribution is 5.83. The van der Waals surface area contributed by atoms with Crippen LogP contribution < -0.4 is 5.32 Å². The van der Waals surface area contributed by atoms with Crippen LogP contribution in [-0.4, -0.2) is 52.2 Å². The van der Waals surface area contributed by atoms with Crippen LogP contribution in [0.3, 0.4) is 0 Å². The van der Waals surface area contributed by atoms with Gasteiger partial charge in [0.2, 0.25) is 0 Å². The third kappa shape index (κ3) is 6.01. The highest BCUT2D eigenvalue weighted by Gasteiger charge is 2.25. The third-order valence-electron chi connectivity index (χ3n) is 3.95. The van der Waals surface area contributed by atoms with Gasteiger partial charge in [0.15, 0.2) is 0 Å². The molecule has 7 nitrogen and oxygen atoms in total. The van der Waals surface area contributed by atoms with E-state index in [-0.39, 0.29) is 12.8 Å². The molecule has 1 rings (SSSR count). The molecule has 1 fully saturated rings. The van der Waals surface area contributed by atoms with E-state index in [1.807, 2.05) is 0 Å². The van der Waals surface area contributed by atoms with Crippen molar-refractivity contribution in [1.82, 2.24) is 10.2 Å². The summed E-state index contributed by atoms with van der Waals surface area (Å²) in [5, 5.41) is 20.1. The number of aliphatic carboxylic acids is 2. The molecule has 1 saturated heterocycles. The maximum Gasteiger partial charge on any atom is 0.326 e. The summed E-state index contributed by atoms with van der Waals surface area (Å²) >= 11 is 0. The summed E-state index contributed by atoms with van der Waals surface area (Å²) in [4.78, 5) is 35.3. The Balaban J connectivity index is 2.52. The number of amides is 2. The molecule has 1 heterocycles. The third-order valence-corrected chi connectivity index (χ3v) is 3.95. The summed E-state index contributed by atoms with van der Waals surface area (Å²) in [6.45, 7) is 3.37. The molecule has 0 spiro atoms. The van der Waals surface area contributed by atoms with Crippen molar-refractivity contribution in [3.63, 3.8) is 0 Å². The Bertz CT molecular complexity index is 386. The van der Waals surface area contributed by atoms with Crippen molar-refractivity contribution < 1.29 is 24.6 Å². The van der Waals surface area contributed by atoms with Gasteiger partial charge in [-0.15, -0.1) is 0 Å². The van der Waals surface area contributed by atoms with Crippen LogP contribution in [0.25, 0.3) is 0 Å². The Hall–Kier alpha value is -1.79. The number of nitrogens with zero attached hydrogens (tertiary/aromatic N) is 1. The van der Waals surface area contributed by atoms with Crippen LogP contribution in [0.2, 0.25) is 0 Å². The molecule has 0 bridgehead atoms. The van der Waals surface area contributed by atoms with Gasteiger partial charge in [-0.1, -0.05) is 13.3 Å². The van der Waals surface area contributed by atoms with Crippen molar-refractivity contribution in [3.8, 4) is 0 Å². The molecule has 7 heteroatoms. The molecule has 2 unspecified atom stereocenters. The lowest BCUT2D eigenvalue weighted by Crippen LogP contribution is -2.48. The monoisotopic (exact) mass is 300 g/mol. The quantitative estimate of drug-likeness (QED) is 0.689. The Morgan fingerprint density at radius 1 is 1.24 bits per heavy atom. The van der Waals surface area contributed by atoms with Crippen molar-refractivity contribution in [2.45, 2.75) is 51.5 Å². The van der Waals surface area contributed by atoms with Crippen LogP contribution >= 0.6 is 0 Å². The lowest BCUT2D eigenvalue weighted by atomic mass is 9.98. The molecule has 120 valence electrons. The summed E-state index contributed by atoms with van der Waals surface area (Å²) in [5.41, 5.74) is 0. The summed E-state index contributed by atoms with van der Waals surface area (Å²) in [6, 6.07) is -1.57. The van der Waals surface area contributed by atoms with Crippen LogP contribution in [0.1, 0.15) is 45.4 Å². The van der Waals surface area contributed by atoms with Gasteiger partial charge >= 0.3 is 18.0 Å². The fourth-order valence-electron chi connectivity index (χ4n) is 2.54. The fourth-order valence-corrected chi connectivity index (χ4v) is 2.54. The topological polar surface area (TPSA) is 107 Å². The van der Waals surface area contributed by atoms with Crippen molar-refractivity contribution in [1.29, 1.82) is 0 Å². The predicted molar refractivity (Wildman–Crippen MR) is 76.0 cm³/mol. The van der Waals surface area contributed by atoms with Gasteiger partial charge < -0.3 is 20.4 Å². The Morgan fingerprint density at radius 3 is 2.52 bits per heavy atom. The molecule has 2 amide bonds. The van der Waals surface area contributed by atoms with E-state index in [0.717, 1.165) is 25.7 Å². The second kappa shape index (κ2) is 8.49. The summed E-state index contributed by atoms with van der Waals surface area (Å²) in [5.74, 6) is -1.66. The van der Waals surface area contributed by atoms with E-state index >= 15 is 0 Å². The zero-order valence-electron chi connectivity index (χ0n) is 12.4. The zero-order valence-corrected chi connectivity index (χ0v) is 12.4. The number of rotatable bonds is 6. The molecule has 1 aliphatic heterocycles. The van der Waals surface area contributed by atoms with Gasteiger partial charge in [-0.2, -0.15) is 0 Å². The SMILES string of the molecule is CCC1CCCN(C(=O)NC(CCC(=O)O)C(=O)O)CC1. The maximum atomic E-state index is 12.1. The standard InChI is InChI=1S/C14H24N2O5/c1-2-10-4-3-8-16(9-7-10)14(21)15-11(13(19)20)5-6-12(17)18/h10-11H,2-9H2,1H3,(H,15,21)(H,17,18)(H,19,20). The first kappa shape index (κ1) is 17.3. The second-order valence-corrected chi connectivity index (χ2v) is 5.46. The lowest BCUT2D eigenvalue weighted by molar-refractivity contribution is -0.140. The molecule has 0 aromatic heterocycles. The number of carbonyl (C=O) groups excluding carboxylic acids is 1. The van der Waals surface area contributed by atoms with Crippen LogP contribution in [0.5, 0.6) is 0 Å². The number of hydrogen-bond acceptors (Lipinski definition) is 3. The molecule has 3 N–H and O–H groups in total. The minimum atomic E-state index is -1.20. The van der Waals surface area contributed by atoms with Gasteiger partial charge in [-0.05, 0) is 31.6 Å². The van der Waals surface area contributed by atoms with Gasteiger partial charge in [-0.25, -0.2) is 9.59 Å². The van der Waals surface area contributed by atoms with E-state index in [2.05, 4.69) is 12.2 Å². The van der Waals surface area contributed by atoms with Crippen LogP contribution in [-0.2, 0) is 9.59 Å². The minimum Gasteiger partial charge on any atom is -0.481 e. The average molecular weight is 300 g/mol. The van der Waals surface area contributed by atoms with Gasteiger partial charge in [-0.3, -0.25) is 4.79 Å². The average Bonchev–Trinajstić information content (AvgIpc) is 2.67. The predicted octanol–water partition coefficient (Wildman–Crippen LogP) is 1.53. The smallest absolute Gasteiger partial charge is 0.326 e.